The van der Waals surface area contributed by atoms with Gasteiger partial charge < -0.3 is 5.32 Å². The lowest BCUT2D eigenvalue weighted by molar-refractivity contribution is -0.384. The number of anilines is 1. The fraction of sp³-hybridized carbons (Fsp3) is 0.583. The number of aromatic nitrogens is 1. The Morgan fingerprint density at radius 2 is 2.28 bits per heavy atom. The predicted octanol–water partition coefficient (Wildman–Crippen LogP) is 2.99. The van der Waals surface area contributed by atoms with E-state index in [1.54, 1.807) is 6.07 Å². The number of pyridine rings is 1. The first-order chi connectivity index (χ1) is 8.60. The highest BCUT2D eigenvalue weighted by Gasteiger charge is 2.26. The van der Waals surface area contributed by atoms with Crippen LogP contribution in [-0.2, 0) is 0 Å². The zero-order chi connectivity index (χ0) is 13.1. The minimum absolute atomic E-state index is 0.0631. The molecule has 1 fully saturated rings. The van der Waals surface area contributed by atoms with Gasteiger partial charge in [0, 0.05) is 23.1 Å². The molecule has 0 spiro atoms. The summed E-state index contributed by atoms with van der Waals surface area (Å²) in [4.78, 5) is 14.8. The average molecular weight is 267 g/mol. The number of aryl methyl sites for hydroxylation is 1. The number of nitro groups is 1. The molecule has 0 amide bonds. The molecule has 2 atom stereocenters. The third-order valence-electron chi connectivity index (χ3n) is 3.27. The number of hydrogen-bond acceptors (Lipinski definition) is 5. The van der Waals surface area contributed by atoms with Gasteiger partial charge in [0.1, 0.15) is 0 Å². The van der Waals surface area contributed by atoms with Crippen LogP contribution in [0.5, 0.6) is 0 Å². The van der Waals surface area contributed by atoms with E-state index in [0.717, 1.165) is 18.5 Å². The summed E-state index contributed by atoms with van der Waals surface area (Å²) in [5.74, 6) is 0.409. The first kappa shape index (κ1) is 13.1. The smallest absolute Gasteiger partial charge is 0.311 e. The topological polar surface area (TPSA) is 68.1 Å². The van der Waals surface area contributed by atoms with Gasteiger partial charge in [0.2, 0.25) is 5.82 Å². The lowest BCUT2D eigenvalue weighted by Crippen LogP contribution is -2.18. The molecule has 2 unspecified atom stereocenters. The molecule has 1 saturated carbocycles. The van der Waals surface area contributed by atoms with Crippen LogP contribution in [0.4, 0.5) is 11.5 Å². The maximum atomic E-state index is 10.9. The van der Waals surface area contributed by atoms with Crippen molar-refractivity contribution in [3.63, 3.8) is 0 Å². The van der Waals surface area contributed by atoms with Gasteiger partial charge in [0.05, 0.1) is 4.92 Å². The molecule has 98 valence electrons. The number of nitrogens with zero attached hydrogens (tertiary/aromatic N) is 2. The van der Waals surface area contributed by atoms with Crippen molar-refractivity contribution in [2.45, 2.75) is 37.5 Å². The highest BCUT2D eigenvalue weighted by Crippen LogP contribution is 2.32. The van der Waals surface area contributed by atoms with Crippen LogP contribution in [0.15, 0.2) is 12.1 Å². The summed E-state index contributed by atoms with van der Waals surface area (Å²) in [5.41, 5.74) is 0.857. The summed E-state index contributed by atoms with van der Waals surface area (Å²) in [7, 11) is 0. The predicted molar refractivity (Wildman–Crippen MR) is 74.2 cm³/mol. The second-order valence-corrected chi connectivity index (χ2v) is 5.73. The van der Waals surface area contributed by atoms with Crippen LogP contribution in [-0.4, -0.2) is 27.5 Å². The Balaban J connectivity index is 2.13. The molecule has 0 saturated heterocycles. The molecule has 0 aliphatic heterocycles. The van der Waals surface area contributed by atoms with Crippen LogP contribution < -0.4 is 5.32 Å². The van der Waals surface area contributed by atoms with Crippen LogP contribution in [0.25, 0.3) is 0 Å². The van der Waals surface area contributed by atoms with Gasteiger partial charge >= 0.3 is 5.69 Å². The Morgan fingerprint density at radius 3 is 2.89 bits per heavy atom. The molecule has 1 heterocycles. The van der Waals surface area contributed by atoms with Crippen LogP contribution in [0, 0.1) is 17.0 Å². The number of thioether (sulfide) groups is 1. The fourth-order valence-electron chi connectivity index (χ4n) is 2.28. The van der Waals surface area contributed by atoms with E-state index >= 15 is 0 Å². The molecular weight excluding hydrogens is 250 g/mol. The van der Waals surface area contributed by atoms with E-state index < -0.39 is 0 Å². The molecule has 5 nitrogen and oxygen atoms in total. The zero-order valence-corrected chi connectivity index (χ0v) is 11.4. The van der Waals surface area contributed by atoms with Gasteiger partial charge in [0.15, 0.2) is 0 Å². The fourth-order valence-corrected chi connectivity index (χ4v) is 3.08. The minimum Gasteiger partial charge on any atom is -0.362 e. The molecule has 0 radical (unpaired) electrons. The molecule has 1 aliphatic rings. The zero-order valence-electron chi connectivity index (χ0n) is 10.5. The first-order valence-electron chi connectivity index (χ1n) is 6.01. The molecule has 0 bridgehead atoms. The van der Waals surface area contributed by atoms with E-state index in [9.17, 15) is 10.1 Å². The van der Waals surface area contributed by atoms with Crippen LogP contribution >= 0.6 is 11.8 Å². The van der Waals surface area contributed by atoms with Crippen molar-refractivity contribution < 1.29 is 4.92 Å². The Kier molecular flexibility index (Phi) is 4.06. The summed E-state index contributed by atoms with van der Waals surface area (Å²) in [6, 6.07) is 3.49. The van der Waals surface area contributed by atoms with E-state index in [-0.39, 0.29) is 10.6 Å². The van der Waals surface area contributed by atoms with Crippen molar-refractivity contribution in [3.8, 4) is 0 Å². The van der Waals surface area contributed by atoms with Crippen molar-refractivity contribution >= 4 is 23.3 Å². The van der Waals surface area contributed by atoms with E-state index in [2.05, 4.69) is 16.6 Å². The molecule has 1 aromatic rings. The van der Waals surface area contributed by atoms with Crippen molar-refractivity contribution in [2.24, 2.45) is 0 Å². The average Bonchev–Trinajstić information content (AvgIpc) is 2.76. The van der Waals surface area contributed by atoms with Crippen LogP contribution in [0.2, 0.25) is 0 Å². The Labute approximate surface area is 111 Å². The molecule has 0 aromatic carbocycles. The van der Waals surface area contributed by atoms with E-state index in [1.807, 2.05) is 18.7 Å². The molecule has 1 N–H and O–H groups in total. The number of rotatable bonds is 4. The number of hydrogen-bond donors (Lipinski definition) is 1. The molecular formula is C12H17N3O2S. The SMILES string of the molecule is CSC1CCC(Nc2nc(C)ccc2[N+](=O)[O-])C1. The Bertz CT molecular complexity index is 453. The molecule has 6 heteroatoms. The van der Waals surface area contributed by atoms with E-state index in [0.29, 0.717) is 17.1 Å². The van der Waals surface area contributed by atoms with Crippen molar-refractivity contribution in [3.05, 3.63) is 27.9 Å². The molecule has 18 heavy (non-hydrogen) atoms. The summed E-state index contributed by atoms with van der Waals surface area (Å²) in [6.07, 6.45) is 5.38. The quantitative estimate of drug-likeness (QED) is 0.671. The van der Waals surface area contributed by atoms with Crippen molar-refractivity contribution in [2.75, 3.05) is 11.6 Å². The van der Waals surface area contributed by atoms with Crippen LogP contribution in [0.1, 0.15) is 25.0 Å². The highest BCUT2D eigenvalue weighted by molar-refractivity contribution is 7.99. The minimum atomic E-state index is -0.379. The van der Waals surface area contributed by atoms with Gasteiger partial charge in [-0.25, -0.2) is 4.98 Å². The van der Waals surface area contributed by atoms with Gasteiger partial charge in [-0.1, -0.05) is 0 Å². The molecule has 1 aliphatic carbocycles. The Hall–Kier alpha value is -1.30. The molecule has 2 rings (SSSR count). The van der Waals surface area contributed by atoms with E-state index in [1.165, 1.54) is 12.5 Å². The third-order valence-corrected chi connectivity index (χ3v) is 4.36. The largest absolute Gasteiger partial charge is 0.362 e. The van der Waals surface area contributed by atoms with Gasteiger partial charge in [-0.15, -0.1) is 0 Å². The monoisotopic (exact) mass is 267 g/mol. The van der Waals surface area contributed by atoms with Gasteiger partial charge in [0.25, 0.3) is 0 Å². The maximum absolute atomic E-state index is 10.9. The Morgan fingerprint density at radius 1 is 1.50 bits per heavy atom. The first-order valence-corrected chi connectivity index (χ1v) is 7.30. The van der Waals surface area contributed by atoms with Crippen LogP contribution in [0.3, 0.4) is 0 Å². The second-order valence-electron chi connectivity index (χ2n) is 4.59. The lowest BCUT2D eigenvalue weighted by Gasteiger charge is -2.13. The summed E-state index contributed by atoms with van der Waals surface area (Å²) in [6.45, 7) is 1.84. The highest BCUT2D eigenvalue weighted by atomic mass is 32.2. The van der Waals surface area contributed by atoms with Gasteiger partial charge in [-0.2, -0.15) is 11.8 Å². The summed E-state index contributed by atoms with van der Waals surface area (Å²) in [5, 5.41) is 14.8. The molecule has 1 aromatic heterocycles. The number of nitrogens with one attached hydrogen (secondary N) is 1. The van der Waals surface area contributed by atoms with Gasteiger partial charge in [-0.3, -0.25) is 10.1 Å². The second kappa shape index (κ2) is 5.56. The van der Waals surface area contributed by atoms with Gasteiger partial charge in [-0.05, 0) is 38.5 Å². The standard InChI is InChI=1S/C12H17N3O2S/c1-8-3-6-11(15(16)17)12(13-8)14-9-4-5-10(7-9)18-2/h3,6,9-10H,4-5,7H2,1-2H3,(H,13,14). The third kappa shape index (κ3) is 2.93. The normalized spacial score (nSPS) is 23.0. The summed E-state index contributed by atoms with van der Waals surface area (Å²) >= 11 is 1.87. The lowest BCUT2D eigenvalue weighted by atomic mass is 10.2. The van der Waals surface area contributed by atoms with Crippen molar-refractivity contribution in [1.82, 2.24) is 4.98 Å². The maximum Gasteiger partial charge on any atom is 0.311 e. The van der Waals surface area contributed by atoms with E-state index in [4.69, 9.17) is 0 Å². The van der Waals surface area contributed by atoms with Crippen molar-refractivity contribution in [1.29, 1.82) is 0 Å². The summed E-state index contributed by atoms with van der Waals surface area (Å²) < 4.78 is 0.